The molecular formula is C20H13F3O2. The number of hydrogen-bond acceptors (Lipinski definition) is 2. The highest BCUT2D eigenvalue weighted by Crippen LogP contribution is 2.32. The molecule has 0 saturated heterocycles. The van der Waals surface area contributed by atoms with Crippen LogP contribution in [0, 0.1) is 0 Å². The number of benzene rings is 3. The molecule has 3 rings (SSSR count). The van der Waals surface area contributed by atoms with Crippen LogP contribution in [0.15, 0.2) is 78.9 Å². The van der Waals surface area contributed by atoms with Crippen LogP contribution in [0.5, 0.6) is 5.75 Å². The Labute approximate surface area is 142 Å². The van der Waals surface area contributed by atoms with Gasteiger partial charge in [0.1, 0.15) is 5.75 Å². The number of ether oxygens (including phenoxy) is 1. The quantitative estimate of drug-likeness (QED) is 0.458. The van der Waals surface area contributed by atoms with Gasteiger partial charge in [0.25, 0.3) is 0 Å². The molecule has 0 amide bonds. The summed E-state index contributed by atoms with van der Waals surface area (Å²) in [5, 5.41) is 0. The maximum absolute atomic E-state index is 13.0. The molecule has 2 nitrogen and oxygen atoms in total. The Morgan fingerprint density at radius 1 is 0.720 bits per heavy atom. The highest BCUT2D eigenvalue weighted by atomic mass is 19.4. The van der Waals surface area contributed by atoms with Crippen molar-refractivity contribution in [2.75, 3.05) is 0 Å². The first-order valence-electron chi connectivity index (χ1n) is 7.49. The van der Waals surface area contributed by atoms with E-state index < -0.39 is 23.3 Å². The van der Waals surface area contributed by atoms with Gasteiger partial charge in [-0.15, -0.1) is 0 Å². The molecule has 0 atom stereocenters. The average molecular weight is 342 g/mol. The van der Waals surface area contributed by atoms with E-state index in [9.17, 15) is 18.0 Å². The average Bonchev–Trinajstić information content (AvgIpc) is 2.62. The van der Waals surface area contributed by atoms with Gasteiger partial charge in [-0.25, -0.2) is 4.79 Å². The molecule has 0 aliphatic carbocycles. The fourth-order valence-corrected chi connectivity index (χ4v) is 2.42. The van der Waals surface area contributed by atoms with Crippen LogP contribution in [0.25, 0.3) is 11.1 Å². The molecule has 0 aliphatic heterocycles. The van der Waals surface area contributed by atoms with Crippen molar-refractivity contribution in [3.63, 3.8) is 0 Å². The lowest BCUT2D eigenvalue weighted by Gasteiger charge is -2.12. The first-order chi connectivity index (χ1) is 11.9. The minimum atomic E-state index is -4.62. The third kappa shape index (κ3) is 3.88. The molecule has 0 unspecified atom stereocenters. The molecule has 5 heteroatoms. The van der Waals surface area contributed by atoms with Gasteiger partial charge in [-0.3, -0.25) is 0 Å². The van der Waals surface area contributed by atoms with Gasteiger partial charge in [0.05, 0.1) is 11.1 Å². The van der Waals surface area contributed by atoms with Crippen LogP contribution >= 0.6 is 0 Å². The second-order valence-electron chi connectivity index (χ2n) is 5.32. The van der Waals surface area contributed by atoms with Crippen molar-refractivity contribution in [2.24, 2.45) is 0 Å². The first kappa shape index (κ1) is 16.8. The minimum absolute atomic E-state index is 0.182. The van der Waals surface area contributed by atoms with E-state index in [1.807, 2.05) is 30.3 Å². The van der Waals surface area contributed by atoms with Gasteiger partial charge in [-0.2, -0.15) is 13.2 Å². The second-order valence-corrected chi connectivity index (χ2v) is 5.32. The zero-order valence-electron chi connectivity index (χ0n) is 13.0. The Hall–Kier alpha value is -3.08. The normalized spacial score (nSPS) is 11.2. The second kappa shape index (κ2) is 6.81. The van der Waals surface area contributed by atoms with Crippen molar-refractivity contribution < 1.29 is 22.7 Å². The monoisotopic (exact) mass is 342 g/mol. The Morgan fingerprint density at radius 2 is 1.28 bits per heavy atom. The molecule has 126 valence electrons. The van der Waals surface area contributed by atoms with Crippen molar-refractivity contribution in [2.45, 2.75) is 6.18 Å². The molecule has 3 aromatic carbocycles. The third-order valence-electron chi connectivity index (χ3n) is 3.62. The molecule has 0 heterocycles. The summed E-state index contributed by atoms with van der Waals surface area (Å²) in [6.45, 7) is 0. The highest BCUT2D eigenvalue weighted by molar-refractivity contribution is 5.93. The summed E-state index contributed by atoms with van der Waals surface area (Å²) in [5.41, 5.74) is 0.377. The predicted molar refractivity (Wildman–Crippen MR) is 88.3 cm³/mol. The van der Waals surface area contributed by atoms with E-state index in [1.165, 1.54) is 12.1 Å². The number of hydrogen-bond donors (Lipinski definition) is 0. The van der Waals surface area contributed by atoms with Crippen molar-refractivity contribution in [3.8, 4) is 16.9 Å². The number of halogens is 3. The highest BCUT2D eigenvalue weighted by Gasteiger charge is 2.35. The standard InChI is InChI=1S/C20H13F3O2/c21-20(22,23)18-9-5-4-8-17(18)19(24)25-16-12-10-15(11-13-16)14-6-2-1-3-7-14/h1-13H. The molecule has 0 saturated carbocycles. The SMILES string of the molecule is O=C(Oc1ccc(-c2ccccc2)cc1)c1ccccc1C(F)(F)F. The van der Waals surface area contributed by atoms with Crippen LogP contribution in [-0.2, 0) is 6.18 Å². The Kier molecular flexibility index (Phi) is 4.57. The topological polar surface area (TPSA) is 26.3 Å². The van der Waals surface area contributed by atoms with Crippen molar-refractivity contribution >= 4 is 5.97 Å². The molecule has 0 radical (unpaired) electrons. The molecular weight excluding hydrogens is 329 g/mol. The summed E-state index contributed by atoms with van der Waals surface area (Å²) in [6.07, 6.45) is -4.62. The number of carbonyl (C=O) groups is 1. The van der Waals surface area contributed by atoms with E-state index in [1.54, 1.807) is 24.3 Å². The Morgan fingerprint density at radius 3 is 1.92 bits per heavy atom. The maximum Gasteiger partial charge on any atom is 0.417 e. The maximum atomic E-state index is 13.0. The molecule has 3 aromatic rings. The van der Waals surface area contributed by atoms with Gasteiger partial charge in [-0.05, 0) is 35.4 Å². The molecule has 0 aromatic heterocycles. The zero-order chi connectivity index (χ0) is 17.9. The smallest absolute Gasteiger partial charge is 0.417 e. The molecule has 0 N–H and O–H groups in total. The van der Waals surface area contributed by atoms with Crippen molar-refractivity contribution in [3.05, 3.63) is 90.0 Å². The summed E-state index contributed by atoms with van der Waals surface area (Å²) >= 11 is 0. The Bertz CT molecular complexity index is 869. The van der Waals surface area contributed by atoms with Gasteiger partial charge < -0.3 is 4.74 Å². The van der Waals surface area contributed by atoms with Gasteiger partial charge in [0.2, 0.25) is 0 Å². The van der Waals surface area contributed by atoms with E-state index in [-0.39, 0.29) is 5.75 Å². The lowest BCUT2D eigenvalue weighted by atomic mass is 10.1. The third-order valence-corrected chi connectivity index (χ3v) is 3.62. The van der Waals surface area contributed by atoms with Crippen LogP contribution in [0.2, 0.25) is 0 Å². The van der Waals surface area contributed by atoms with Crippen molar-refractivity contribution in [1.29, 1.82) is 0 Å². The molecule has 0 fully saturated rings. The van der Waals surface area contributed by atoms with Gasteiger partial charge in [0.15, 0.2) is 0 Å². The van der Waals surface area contributed by atoms with Crippen LogP contribution in [0.1, 0.15) is 15.9 Å². The minimum Gasteiger partial charge on any atom is -0.423 e. The summed E-state index contributed by atoms with van der Waals surface area (Å²) in [5.74, 6) is -0.859. The summed E-state index contributed by atoms with van der Waals surface area (Å²) < 4.78 is 44.0. The number of alkyl halides is 3. The fraction of sp³-hybridized carbons (Fsp3) is 0.0500. The largest absolute Gasteiger partial charge is 0.423 e. The number of carbonyl (C=O) groups excluding carboxylic acids is 1. The summed E-state index contributed by atoms with van der Waals surface area (Å²) in [7, 11) is 0. The zero-order valence-corrected chi connectivity index (χ0v) is 13.0. The van der Waals surface area contributed by atoms with Gasteiger partial charge in [-0.1, -0.05) is 54.6 Å². The lowest BCUT2D eigenvalue weighted by molar-refractivity contribution is -0.138. The first-order valence-corrected chi connectivity index (χ1v) is 7.49. The predicted octanol–water partition coefficient (Wildman–Crippen LogP) is 5.59. The molecule has 25 heavy (non-hydrogen) atoms. The number of rotatable bonds is 3. The van der Waals surface area contributed by atoms with Gasteiger partial charge in [0, 0.05) is 0 Å². The molecule has 0 aliphatic rings. The van der Waals surface area contributed by atoms with Crippen molar-refractivity contribution in [1.82, 2.24) is 0 Å². The molecule has 0 spiro atoms. The fourth-order valence-electron chi connectivity index (χ4n) is 2.42. The lowest BCUT2D eigenvalue weighted by Crippen LogP contribution is -2.16. The van der Waals surface area contributed by atoms with E-state index in [2.05, 4.69) is 0 Å². The number of esters is 1. The Balaban J connectivity index is 1.81. The van der Waals surface area contributed by atoms with E-state index in [0.29, 0.717) is 0 Å². The van der Waals surface area contributed by atoms with Crippen LogP contribution < -0.4 is 4.74 Å². The summed E-state index contributed by atoms with van der Waals surface area (Å²) in [6, 6.07) is 20.7. The molecule has 0 bridgehead atoms. The summed E-state index contributed by atoms with van der Waals surface area (Å²) in [4.78, 5) is 12.1. The van der Waals surface area contributed by atoms with E-state index in [0.717, 1.165) is 23.3 Å². The van der Waals surface area contributed by atoms with Crippen LogP contribution in [-0.4, -0.2) is 5.97 Å². The van der Waals surface area contributed by atoms with Crippen LogP contribution in [0.4, 0.5) is 13.2 Å². The van der Waals surface area contributed by atoms with E-state index >= 15 is 0 Å². The van der Waals surface area contributed by atoms with Crippen LogP contribution in [0.3, 0.4) is 0 Å². The van der Waals surface area contributed by atoms with Gasteiger partial charge >= 0.3 is 12.1 Å². The van der Waals surface area contributed by atoms with E-state index in [4.69, 9.17) is 4.74 Å².